The Morgan fingerprint density at radius 3 is 2.43 bits per heavy atom. The molecule has 0 unspecified atom stereocenters. The molecule has 0 spiro atoms. The van der Waals surface area contributed by atoms with E-state index in [1.807, 2.05) is 6.07 Å². The number of hydrogen-bond donors (Lipinski definition) is 2. The molecule has 1 amide bonds. The zero-order valence-corrected chi connectivity index (χ0v) is 13.5. The molecule has 0 bridgehead atoms. The number of phenolic OH excluding ortho intramolecular Hbond substituents is 1. The zero-order chi connectivity index (χ0) is 17.0. The third-order valence-electron chi connectivity index (χ3n) is 3.31. The summed E-state index contributed by atoms with van der Waals surface area (Å²) in [5, 5.41) is 22.0. The summed E-state index contributed by atoms with van der Waals surface area (Å²) in [6, 6.07) is 12.1. The van der Waals surface area contributed by atoms with Crippen LogP contribution in [0.5, 0.6) is 5.75 Å². The third-order valence-corrected chi connectivity index (χ3v) is 3.64. The fourth-order valence-corrected chi connectivity index (χ4v) is 2.32. The zero-order valence-electron chi connectivity index (χ0n) is 12.7. The number of nitrogens with zero attached hydrogens (tertiary/aromatic N) is 1. The van der Waals surface area contributed by atoms with Crippen molar-refractivity contribution in [1.29, 1.82) is 5.26 Å². The monoisotopic (exact) mass is 326 g/mol. The lowest BCUT2D eigenvalue weighted by Crippen LogP contribution is -2.13. The smallest absolute Gasteiger partial charge is 0.266 e. The summed E-state index contributed by atoms with van der Waals surface area (Å²) in [5.74, 6) is -0.329. The lowest BCUT2D eigenvalue weighted by molar-refractivity contribution is -0.112. The van der Waals surface area contributed by atoms with Crippen LogP contribution < -0.4 is 5.32 Å². The van der Waals surface area contributed by atoms with Crippen LogP contribution in [0.4, 0.5) is 5.69 Å². The minimum atomic E-state index is -0.538. The predicted octanol–water partition coefficient (Wildman–Crippen LogP) is 4.21. The molecule has 0 heterocycles. The number of aromatic hydroxyl groups is 1. The molecule has 0 radical (unpaired) electrons. The number of rotatable bonds is 3. The molecule has 0 aliphatic carbocycles. The maximum Gasteiger partial charge on any atom is 0.266 e. The summed E-state index contributed by atoms with van der Waals surface area (Å²) in [6.45, 7) is 3.52. The van der Waals surface area contributed by atoms with Gasteiger partial charge in [-0.05, 0) is 60.9 Å². The van der Waals surface area contributed by atoms with Crippen molar-refractivity contribution >= 4 is 29.3 Å². The van der Waals surface area contributed by atoms with Gasteiger partial charge < -0.3 is 10.4 Å². The second-order valence-corrected chi connectivity index (χ2v) is 5.51. The van der Waals surface area contributed by atoms with Crippen molar-refractivity contribution in [2.75, 3.05) is 5.32 Å². The molecule has 2 rings (SSSR count). The quantitative estimate of drug-likeness (QED) is 0.655. The van der Waals surface area contributed by atoms with Crippen LogP contribution >= 0.6 is 11.6 Å². The minimum absolute atomic E-state index is 0.0468. The Balaban J connectivity index is 2.31. The highest BCUT2D eigenvalue weighted by molar-refractivity contribution is 6.34. The summed E-state index contributed by atoms with van der Waals surface area (Å²) in [6.07, 6.45) is 1.48. The standard InChI is InChI=1S/C18H15ClN2O2/c1-11-7-13(8-12(2)17(11)22)9-14(10-20)18(23)21-16-6-4-3-5-15(16)19/h3-9,22H,1-2H3,(H,21,23). The van der Waals surface area contributed by atoms with Gasteiger partial charge >= 0.3 is 0 Å². The van der Waals surface area contributed by atoms with Crippen molar-refractivity contribution in [3.05, 3.63) is 63.7 Å². The molecular formula is C18H15ClN2O2. The molecule has 2 N–H and O–H groups in total. The molecule has 0 saturated carbocycles. The maximum absolute atomic E-state index is 12.2. The number of anilines is 1. The summed E-state index contributed by atoms with van der Waals surface area (Å²) in [7, 11) is 0. The summed E-state index contributed by atoms with van der Waals surface area (Å²) >= 11 is 5.99. The van der Waals surface area contributed by atoms with E-state index in [4.69, 9.17) is 11.6 Å². The first-order chi connectivity index (χ1) is 10.9. The van der Waals surface area contributed by atoms with E-state index < -0.39 is 5.91 Å². The number of hydrogen-bond acceptors (Lipinski definition) is 3. The first-order valence-corrected chi connectivity index (χ1v) is 7.28. The fourth-order valence-electron chi connectivity index (χ4n) is 2.14. The molecule has 0 fully saturated rings. The van der Waals surface area contributed by atoms with Crippen LogP contribution in [0.25, 0.3) is 6.08 Å². The van der Waals surface area contributed by atoms with Crippen molar-refractivity contribution < 1.29 is 9.90 Å². The summed E-state index contributed by atoms with van der Waals surface area (Å²) in [4.78, 5) is 12.2. The summed E-state index contributed by atoms with van der Waals surface area (Å²) < 4.78 is 0. The van der Waals surface area contributed by atoms with E-state index in [0.717, 1.165) is 0 Å². The van der Waals surface area contributed by atoms with Crippen molar-refractivity contribution in [3.63, 3.8) is 0 Å². The van der Waals surface area contributed by atoms with Gasteiger partial charge in [-0.3, -0.25) is 4.79 Å². The molecule has 0 aromatic heterocycles. The van der Waals surface area contributed by atoms with Gasteiger partial charge in [0, 0.05) is 0 Å². The Morgan fingerprint density at radius 1 is 1.26 bits per heavy atom. The van der Waals surface area contributed by atoms with Crippen LogP contribution in [0.15, 0.2) is 42.0 Å². The van der Waals surface area contributed by atoms with Crippen LogP contribution in [0.2, 0.25) is 5.02 Å². The highest BCUT2D eigenvalue weighted by Gasteiger charge is 2.12. The normalized spacial score (nSPS) is 11.0. The van der Waals surface area contributed by atoms with Crippen molar-refractivity contribution in [1.82, 2.24) is 0 Å². The Labute approximate surface area is 139 Å². The maximum atomic E-state index is 12.2. The first-order valence-electron chi connectivity index (χ1n) is 6.90. The Kier molecular flexibility index (Phi) is 5.05. The largest absolute Gasteiger partial charge is 0.507 e. The van der Waals surface area contributed by atoms with Gasteiger partial charge in [0.2, 0.25) is 0 Å². The molecule has 0 aliphatic heterocycles. The second-order valence-electron chi connectivity index (χ2n) is 5.11. The molecule has 4 nitrogen and oxygen atoms in total. The van der Waals surface area contributed by atoms with Gasteiger partial charge in [-0.25, -0.2) is 0 Å². The number of amides is 1. The van der Waals surface area contributed by atoms with Crippen LogP contribution in [0.3, 0.4) is 0 Å². The van der Waals surface area contributed by atoms with Gasteiger partial charge in [0.05, 0.1) is 10.7 Å². The number of carbonyl (C=O) groups excluding carboxylic acids is 1. The van der Waals surface area contributed by atoms with Crippen molar-refractivity contribution in [2.45, 2.75) is 13.8 Å². The van der Waals surface area contributed by atoms with Crippen LogP contribution in [-0.4, -0.2) is 11.0 Å². The molecule has 23 heavy (non-hydrogen) atoms. The van der Waals surface area contributed by atoms with E-state index in [1.165, 1.54) is 6.08 Å². The number of halogens is 1. The van der Waals surface area contributed by atoms with Crippen LogP contribution in [0.1, 0.15) is 16.7 Å². The lowest BCUT2D eigenvalue weighted by atomic mass is 10.0. The second kappa shape index (κ2) is 6.99. The highest BCUT2D eigenvalue weighted by Crippen LogP contribution is 2.25. The van der Waals surface area contributed by atoms with Gasteiger partial charge in [0.15, 0.2) is 0 Å². The SMILES string of the molecule is Cc1cc(C=C(C#N)C(=O)Nc2ccccc2Cl)cc(C)c1O. The summed E-state index contributed by atoms with van der Waals surface area (Å²) in [5.41, 5.74) is 2.43. The van der Waals surface area contributed by atoms with Crippen molar-refractivity contribution in [3.8, 4) is 11.8 Å². The van der Waals surface area contributed by atoms with E-state index in [1.54, 1.807) is 50.2 Å². The number of para-hydroxylation sites is 1. The van der Waals surface area contributed by atoms with Crippen LogP contribution in [0, 0.1) is 25.2 Å². The van der Waals surface area contributed by atoms with E-state index >= 15 is 0 Å². The number of nitrogens with one attached hydrogen (secondary N) is 1. The molecular weight excluding hydrogens is 312 g/mol. The molecule has 2 aromatic carbocycles. The fraction of sp³-hybridized carbons (Fsp3) is 0.111. The Bertz CT molecular complexity index is 812. The van der Waals surface area contributed by atoms with E-state index in [0.29, 0.717) is 27.4 Å². The Morgan fingerprint density at radius 2 is 1.87 bits per heavy atom. The topological polar surface area (TPSA) is 73.1 Å². The number of aryl methyl sites for hydroxylation is 2. The van der Waals surface area contributed by atoms with Gasteiger partial charge in [0.1, 0.15) is 17.4 Å². The molecule has 0 saturated heterocycles. The molecule has 116 valence electrons. The lowest BCUT2D eigenvalue weighted by Gasteiger charge is -2.07. The number of phenols is 1. The average Bonchev–Trinajstić information content (AvgIpc) is 2.52. The predicted molar refractivity (Wildman–Crippen MR) is 91.3 cm³/mol. The van der Waals surface area contributed by atoms with E-state index in [2.05, 4.69) is 5.32 Å². The number of benzene rings is 2. The number of nitriles is 1. The van der Waals surface area contributed by atoms with Crippen LogP contribution in [-0.2, 0) is 4.79 Å². The highest BCUT2D eigenvalue weighted by atomic mass is 35.5. The van der Waals surface area contributed by atoms with Gasteiger partial charge in [-0.1, -0.05) is 23.7 Å². The average molecular weight is 327 g/mol. The van der Waals surface area contributed by atoms with E-state index in [9.17, 15) is 15.2 Å². The number of carbonyl (C=O) groups is 1. The van der Waals surface area contributed by atoms with Gasteiger partial charge in [-0.15, -0.1) is 0 Å². The van der Waals surface area contributed by atoms with Crippen molar-refractivity contribution in [2.24, 2.45) is 0 Å². The van der Waals surface area contributed by atoms with Gasteiger partial charge in [0.25, 0.3) is 5.91 Å². The molecule has 0 atom stereocenters. The first kappa shape index (κ1) is 16.6. The molecule has 0 aliphatic rings. The molecule has 2 aromatic rings. The third kappa shape index (κ3) is 3.91. The van der Waals surface area contributed by atoms with Gasteiger partial charge in [-0.2, -0.15) is 5.26 Å². The van der Waals surface area contributed by atoms with E-state index in [-0.39, 0.29) is 11.3 Å². The minimum Gasteiger partial charge on any atom is -0.507 e. The Hall–Kier alpha value is -2.77. The molecule has 5 heteroatoms.